The van der Waals surface area contributed by atoms with Gasteiger partial charge in [-0.25, -0.2) is 4.79 Å². The summed E-state index contributed by atoms with van der Waals surface area (Å²) in [5.41, 5.74) is 0. The van der Waals surface area contributed by atoms with Crippen LogP contribution in [0.5, 0.6) is 0 Å². The summed E-state index contributed by atoms with van der Waals surface area (Å²) >= 11 is 0. The van der Waals surface area contributed by atoms with E-state index in [4.69, 9.17) is 4.74 Å². The van der Waals surface area contributed by atoms with Crippen molar-refractivity contribution in [3.05, 3.63) is 0 Å². The van der Waals surface area contributed by atoms with Crippen molar-refractivity contribution < 1.29 is 9.53 Å². The van der Waals surface area contributed by atoms with E-state index in [0.717, 1.165) is 51.5 Å². The maximum atomic E-state index is 12.1. The summed E-state index contributed by atoms with van der Waals surface area (Å²) in [6.07, 6.45) is 3.21. The summed E-state index contributed by atoms with van der Waals surface area (Å²) in [5.74, 6) is 1.19. The van der Waals surface area contributed by atoms with Crippen LogP contribution in [0.2, 0.25) is 0 Å². The lowest BCUT2D eigenvalue weighted by molar-refractivity contribution is 0.0397. The average Bonchev–Trinajstić information content (AvgIpc) is 2.33. The van der Waals surface area contributed by atoms with Gasteiger partial charge in [0, 0.05) is 25.7 Å². The highest BCUT2D eigenvalue weighted by Gasteiger charge is 2.26. The molecule has 0 aromatic heterocycles. The fourth-order valence-electron chi connectivity index (χ4n) is 2.56. The number of hydrogen-bond donors (Lipinski definition) is 1. The lowest BCUT2D eigenvalue weighted by atomic mass is 9.97. The molecule has 0 radical (unpaired) electrons. The fourth-order valence-corrected chi connectivity index (χ4v) is 2.56. The highest BCUT2D eigenvalue weighted by Crippen LogP contribution is 2.18. The number of ether oxygens (including phenoxy) is 1. The van der Waals surface area contributed by atoms with E-state index in [2.05, 4.69) is 19.2 Å². The molecule has 17 heavy (non-hydrogen) atoms. The van der Waals surface area contributed by atoms with Crippen LogP contribution in [0.3, 0.4) is 0 Å². The van der Waals surface area contributed by atoms with Gasteiger partial charge in [0.25, 0.3) is 0 Å². The quantitative estimate of drug-likeness (QED) is 0.760. The van der Waals surface area contributed by atoms with E-state index < -0.39 is 0 Å². The maximum absolute atomic E-state index is 12.1. The second kappa shape index (κ2) is 5.71. The van der Waals surface area contributed by atoms with E-state index in [-0.39, 0.29) is 12.1 Å². The molecule has 0 aromatic carbocycles. The van der Waals surface area contributed by atoms with Crippen LogP contribution in [-0.2, 0) is 4.74 Å². The molecule has 0 aliphatic carbocycles. The summed E-state index contributed by atoms with van der Waals surface area (Å²) in [6.45, 7) is 7.75. The summed E-state index contributed by atoms with van der Waals surface area (Å²) < 4.78 is 5.39. The Kier molecular flexibility index (Phi) is 4.26. The van der Waals surface area contributed by atoms with Gasteiger partial charge in [-0.15, -0.1) is 0 Å². The first kappa shape index (κ1) is 12.7. The van der Waals surface area contributed by atoms with Gasteiger partial charge < -0.3 is 15.0 Å². The zero-order valence-electron chi connectivity index (χ0n) is 10.9. The zero-order valence-corrected chi connectivity index (χ0v) is 10.9. The van der Waals surface area contributed by atoms with Crippen LogP contribution in [0.25, 0.3) is 0 Å². The van der Waals surface area contributed by atoms with Gasteiger partial charge in [0.1, 0.15) is 0 Å². The molecule has 2 fully saturated rings. The Morgan fingerprint density at radius 2 is 1.94 bits per heavy atom. The first-order chi connectivity index (χ1) is 8.16. The van der Waals surface area contributed by atoms with E-state index in [9.17, 15) is 4.79 Å². The van der Waals surface area contributed by atoms with Crippen LogP contribution in [0.1, 0.15) is 33.1 Å². The third-order valence-electron chi connectivity index (χ3n) is 4.02. The van der Waals surface area contributed by atoms with Gasteiger partial charge in [0.15, 0.2) is 0 Å². The molecule has 0 bridgehead atoms. The molecule has 4 nitrogen and oxygen atoms in total. The van der Waals surface area contributed by atoms with Gasteiger partial charge in [-0.05, 0) is 31.1 Å². The van der Waals surface area contributed by atoms with Crippen molar-refractivity contribution in [2.75, 3.05) is 26.3 Å². The highest BCUT2D eigenvalue weighted by molar-refractivity contribution is 5.74. The first-order valence-electron chi connectivity index (χ1n) is 6.80. The molecule has 0 saturated carbocycles. The predicted molar refractivity (Wildman–Crippen MR) is 66.9 cm³/mol. The van der Waals surface area contributed by atoms with Crippen molar-refractivity contribution in [1.82, 2.24) is 10.2 Å². The Labute approximate surface area is 104 Å². The maximum Gasteiger partial charge on any atom is 0.317 e. The number of likely N-dealkylation sites (tertiary alicyclic amines) is 1. The lowest BCUT2D eigenvalue weighted by Gasteiger charge is -2.34. The van der Waals surface area contributed by atoms with Crippen molar-refractivity contribution in [3.8, 4) is 0 Å². The minimum absolute atomic E-state index is 0.121. The normalized spacial score (nSPS) is 31.3. The fraction of sp³-hybridized carbons (Fsp3) is 0.923. The molecule has 98 valence electrons. The number of nitrogens with zero attached hydrogens (tertiary/aromatic N) is 1. The second-order valence-electron chi connectivity index (χ2n) is 5.57. The van der Waals surface area contributed by atoms with Crippen LogP contribution < -0.4 is 5.32 Å². The summed E-state index contributed by atoms with van der Waals surface area (Å²) in [4.78, 5) is 14.1. The van der Waals surface area contributed by atoms with Crippen molar-refractivity contribution in [2.24, 2.45) is 11.8 Å². The standard InChI is InChI=1S/C13H24N2O2/c1-10-3-6-15(7-4-10)13(16)14-12-5-8-17-9-11(12)2/h10-12H,3-9H2,1-2H3,(H,14,16). The minimum Gasteiger partial charge on any atom is -0.381 e. The van der Waals surface area contributed by atoms with E-state index >= 15 is 0 Å². The summed E-state index contributed by atoms with van der Waals surface area (Å²) in [7, 11) is 0. The van der Waals surface area contributed by atoms with Crippen molar-refractivity contribution in [3.63, 3.8) is 0 Å². The van der Waals surface area contributed by atoms with Gasteiger partial charge in [-0.2, -0.15) is 0 Å². The number of amides is 2. The van der Waals surface area contributed by atoms with E-state index in [1.54, 1.807) is 0 Å². The smallest absolute Gasteiger partial charge is 0.317 e. The number of piperidine rings is 1. The van der Waals surface area contributed by atoms with Crippen LogP contribution >= 0.6 is 0 Å². The third-order valence-corrected chi connectivity index (χ3v) is 4.02. The minimum atomic E-state index is 0.121. The number of rotatable bonds is 1. The second-order valence-corrected chi connectivity index (χ2v) is 5.57. The molecule has 2 aliphatic rings. The largest absolute Gasteiger partial charge is 0.381 e. The molecule has 2 rings (SSSR count). The zero-order chi connectivity index (χ0) is 12.3. The van der Waals surface area contributed by atoms with Crippen LogP contribution in [0, 0.1) is 11.8 Å². The molecule has 0 aromatic rings. The van der Waals surface area contributed by atoms with Gasteiger partial charge >= 0.3 is 6.03 Å². The monoisotopic (exact) mass is 240 g/mol. The van der Waals surface area contributed by atoms with Crippen LogP contribution in [0.15, 0.2) is 0 Å². The Bertz CT molecular complexity index is 262. The number of carbonyl (C=O) groups excluding carboxylic acids is 1. The number of hydrogen-bond acceptors (Lipinski definition) is 2. The summed E-state index contributed by atoms with van der Waals surface area (Å²) in [5, 5.41) is 3.16. The molecule has 2 amide bonds. The first-order valence-corrected chi connectivity index (χ1v) is 6.80. The molecule has 2 aliphatic heterocycles. The number of carbonyl (C=O) groups is 1. The van der Waals surface area contributed by atoms with E-state index in [0.29, 0.717) is 5.92 Å². The molecule has 2 heterocycles. The third kappa shape index (κ3) is 3.35. The molecule has 2 atom stereocenters. The molecule has 2 saturated heterocycles. The van der Waals surface area contributed by atoms with Crippen LogP contribution in [-0.4, -0.2) is 43.3 Å². The Morgan fingerprint density at radius 3 is 2.59 bits per heavy atom. The van der Waals surface area contributed by atoms with E-state index in [1.807, 2.05) is 4.90 Å². The van der Waals surface area contributed by atoms with Crippen LogP contribution in [0.4, 0.5) is 4.79 Å². The topological polar surface area (TPSA) is 41.6 Å². The average molecular weight is 240 g/mol. The lowest BCUT2D eigenvalue weighted by Crippen LogP contribution is -2.51. The predicted octanol–water partition coefficient (Wildman–Crippen LogP) is 1.85. The van der Waals surface area contributed by atoms with Gasteiger partial charge in [-0.3, -0.25) is 0 Å². The van der Waals surface area contributed by atoms with Gasteiger partial charge in [-0.1, -0.05) is 13.8 Å². The Balaban J connectivity index is 1.79. The molecule has 1 N–H and O–H groups in total. The SMILES string of the molecule is CC1CCN(C(=O)NC2CCOCC2C)CC1. The molecular formula is C13H24N2O2. The number of urea groups is 1. The van der Waals surface area contributed by atoms with E-state index in [1.165, 1.54) is 0 Å². The Morgan fingerprint density at radius 1 is 1.24 bits per heavy atom. The van der Waals surface area contributed by atoms with Gasteiger partial charge in [0.05, 0.1) is 6.61 Å². The Hall–Kier alpha value is -0.770. The molecular weight excluding hydrogens is 216 g/mol. The number of nitrogens with one attached hydrogen (secondary N) is 1. The van der Waals surface area contributed by atoms with Gasteiger partial charge in [0.2, 0.25) is 0 Å². The van der Waals surface area contributed by atoms with Crippen molar-refractivity contribution in [2.45, 2.75) is 39.2 Å². The van der Waals surface area contributed by atoms with Crippen molar-refractivity contribution >= 4 is 6.03 Å². The molecule has 2 unspecified atom stereocenters. The molecule has 4 heteroatoms. The molecule has 0 spiro atoms. The summed E-state index contributed by atoms with van der Waals surface area (Å²) in [6, 6.07) is 0.409. The highest BCUT2D eigenvalue weighted by atomic mass is 16.5. The van der Waals surface area contributed by atoms with Crippen molar-refractivity contribution in [1.29, 1.82) is 0 Å².